The molecule has 0 heterocycles. The number of carbonyl (C=O) groups is 1. The van der Waals surface area contributed by atoms with E-state index in [-0.39, 0.29) is 6.04 Å². The van der Waals surface area contributed by atoms with Gasteiger partial charge in [-0.05, 0) is 19.4 Å². The second-order valence-electron chi connectivity index (χ2n) is 4.80. The van der Waals surface area contributed by atoms with Crippen molar-refractivity contribution in [2.45, 2.75) is 32.2 Å². The number of benzene rings is 1. The lowest BCUT2D eigenvalue weighted by Crippen LogP contribution is -2.37. The molecule has 0 fully saturated rings. The van der Waals surface area contributed by atoms with E-state index in [1.165, 1.54) is 0 Å². The molecule has 1 unspecified atom stereocenters. The normalized spacial score (nSPS) is 12.4. The van der Waals surface area contributed by atoms with E-state index in [1.54, 1.807) is 0 Å². The highest BCUT2D eigenvalue weighted by atomic mass is 16.4. The van der Waals surface area contributed by atoms with Crippen LogP contribution in [0.15, 0.2) is 30.3 Å². The number of nitriles is 1. The quantitative estimate of drug-likeness (QED) is 0.818. The molecule has 0 saturated carbocycles. The molecule has 4 heteroatoms. The fourth-order valence-electron chi connectivity index (χ4n) is 2.00. The molecule has 1 atom stereocenters. The first kappa shape index (κ1) is 15.2. The van der Waals surface area contributed by atoms with Gasteiger partial charge in [-0.25, -0.2) is 0 Å². The van der Waals surface area contributed by atoms with Crippen LogP contribution in [0.3, 0.4) is 0 Å². The minimum Gasteiger partial charge on any atom is -0.481 e. The summed E-state index contributed by atoms with van der Waals surface area (Å²) in [6, 6.07) is 11.6. The molecule has 0 aliphatic carbocycles. The van der Waals surface area contributed by atoms with Crippen molar-refractivity contribution in [3.05, 3.63) is 35.9 Å². The third-order valence-electron chi connectivity index (χ3n) is 3.16. The lowest BCUT2D eigenvalue weighted by atomic mass is 9.98. The van der Waals surface area contributed by atoms with Gasteiger partial charge in [0.25, 0.3) is 0 Å². The molecule has 0 saturated heterocycles. The van der Waals surface area contributed by atoms with E-state index in [4.69, 9.17) is 5.26 Å². The van der Waals surface area contributed by atoms with Gasteiger partial charge in [0.15, 0.2) is 0 Å². The Kier molecular flexibility index (Phi) is 6.04. The third-order valence-corrected chi connectivity index (χ3v) is 3.16. The Morgan fingerprint density at radius 3 is 2.47 bits per heavy atom. The van der Waals surface area contributed by atoms with Crippen molar-refractivity contribution in [3.63, 3.8) is 0 Å². The molecular weight excluding hydrogens is 240 g/mol. The van der Waals surface area contributed by atoms with E-state index in [2.05, 4.69) is 6.07 Å². The van der Waals surface area contributed by atoms with Crippen molar-refractivity contribution in [1.29, 1.82) is 5.26 Å². The summed E-state index contributed by atoms with van der Waals surface area (Å²) < 4.78 is 0. The zero-order chi connectivity index (χ0) is 14.3. The van der Waals surface area contributed by atoms with Crippen molar-refractivity contribution in [1.82, 2.24) is 4.90 Å². The minimum atomic E-state index is -0.825. The topological polar surface area (TPSA) is 64.3 Å². The summed E-state index contributed by atoms with van der Waals surface area (Å²) in [5.41, 5.74) is 0.803. The molecule has 0 aliphatic heterocycles. The molecule has 0 amide bonds. The van der Waals surface area contributed by atoms with Crippen LogP contribution in [-0.2, 0) is 4.79 Å². The van der Waals surface area contributed by atoms with Crippen LogP contribution in [0.1, 0.15) is 31.7 Å². The Morgan fingerprint density at radius 2 is 2.00 bits per heavy atom. The van der Waals surface area contributed by atoms with Gasteiger partial charge in [-0.2, -0.15) is 5.26 Å². The summed E-state index contributed by atoms with van der Waals surface area (Å²) in [7, 11) is 0. The first-order valence-electron chi connectivity index (χ1n) is 6.45. The maximum Gasteiger partial charge on any atom is 0.312 e. The number of carboxylic acid groups (broad SMARTS) is 1. The van der Waals surface area contributed by atoms with Gasteiger partial charge in [-0.3, -0.25) is 9.69 Å². The van der Waals surface area contributed by atoms with E-state index in [0.29, 0.717) is 19.5 Å². The van der Waals surface area contributed by atoms with Crippen LogP contribution >= 0.6 is 0 Å². The maximum atomic E-state index is 11.4. The minimum absolute atomic E-state index is 0.221. The predicted molar refractivity (Wildman–Crippen MR) is 73.8 cm³/mol. The zero-order valence-electron chi connectivity index (χ0n) is 11.4. The lowest BCUT2D eigenvalue weighted by Gasteiger charge is -2.28. The van der Waals surface area contributed by atoms with Crippen molar-refractivity contribution in [3.8, 4) is 6.07 Å². The van der Waals surface area contributed by atoms with Crippen LogP contribution in [0, 0.1) is 11.3 Å². The highest BCUT2D eigenvalue weighted by Crippen LogP contribution is 2.18. The van der Waals surface area contributed by atoms with Crippen molar-refractivity contribution >= 4 is 5.97 Å². The smallest absolute Gasteiger partial charge is 0.312 e. The van der Waals surface area contributed by atoms with Gasteiger partial charge in [0.2, 0.25) is 0 Å². The Morgan fingerprint density at radius 1 is 1.37 bits per heavy atom. The van der Waals surface area contributed by atoms with E-state index in [1.807, 2.05) is 49.1 Å². The molecule has 1 aromatic carbocycles. The molecule has 1 aromatic rings. The van der Waals surface area contributed by atoms with Gasteiger partial charge < -0.3 is 5.11 Å². The van der Waals surface area contributed by atoms with Crippen LogP contribution in [0.4, 0.5) is 0 Å². The Bertz CT molecular complexity index is 437. The molecule has 0 radical (unpaired) electrons. The summed E-state index contributed by atoms with van der Waals surface area (Å²) in [5.74, 6) is -1.38. The van der Waals surface area contributed by atoms with Crippen LogP contribution < -0.4 is 0 Å². The monoisotopic (exact) mass is 260 g/mol. The number of aliphatic carboxylic acids is 1. The van der Waals surface area contributed by atoms with Crippen LogP contribution in [0.25, 0.3) is 0 Å². The van der Waals surface area contributed by atoms with Gasteiger partial charge in [0.1, 0.15) is 0 Å². The van der Waals surface area contributed by atoms with Crippen molar-refractivity contribution in [2.24, 2.45) is 0 Å². The highest BCUT2D eigenvalue weighted by Gasteiger charge is 2.23. The standard InChI is InChI=1S/C15H20N2O2/c1-12(2)17(10-6-9-16)11-14(15(18)19)13-7-4-3-5-8-13/h3-5,7-8,12,14H,6,10-11H2,1-2H3,(H,18,19). The molecule has 4 nitrogen and oxygen atoms in total. The van der Waals surface area contributed by atoms with Crippen molar-refractivity contribution in [2.75, 3.05) is 13.1 Å². The number of nitrogens with zero attached hydrogens (tertiary/aromatic N) is 2. The molecule has 0 spiro atoms. The number of hydrogen-bond donors (Lipinski definition) is 1. The molecule has 0 aliphatic rings. The summed E-state index contributed by atoms with van der Waals surface area (Å²) in [4.78, 5) is 13.5. The van der Waals surface area contributed by atoms with E-state index < -0.39 is 11.9 Å². The molecule has 19 heavy (non-hydrogen) atoms. The predicted octanol–water partition coefficient (Wildman–Crippen LogP) is 2.48. The summed E-state index contributed by atoms with van der Waals surface area (Å²) >= 11 is 0. The molecule has 0 bridgehead atoms. The van der Waals surface area contributed by atoms with Crippen LogP contribution in [0.2, 0.25) is 0 Å². The fourth-order valence-corrected chi connectivity index (χ4v) is 2.00. The number of rotatable bonds is 7. The summed E-state index contributed by atoms with van der Waals surface area (Å²) in [5, 5.41) is 18.1. The SMILES string of the molecule is CC(C)N(CCC#N)CC(C(=O)O)c1ccccc1. The summed E-state index contributed by atoms with van der Waals surface area (Å²) in [6.45, 7) is 5.06. The Labute approximate surface area is 114 Å². The van der Waals surface area contributed by atoms with E-state index in [9.17, 15) is 9.90 Å². The fraction of sp³-hybridized carbons (Fsp3) is 0.467. The Hall–Kier alpha value is -1.86. The lowest BCUT2D eigenvalue weighted by molar-refractivity contribution is -0.139. The Balaban J connectivity index is 2.83. The first-order valence-corrected chi connectivity index (χ1v) is 6.45. The van der Waals surface area contributed by atoms with E-state index >= 15 is 0 Å². The van der Waals surface area contributed by atoms with Gasteiger partial charge in [0.05, 0.1) is 12.0 Å². The third kappa shape index (κ3) is 4.72. The van der Waals surface area contributed by atoms with Gasteiger partial charge in [0, 0.05) is 25.6 Å². The second-order valence-corrected chi connectivity index (χ2v) is 4.80. The maximum absolute atomic E-state index is 11.4. The van der Waals surface area contributed by atoms with Gasteiger partial charge >= 0.3 is 5.97 Å². The van der Waals surface area contributed by atoms with Crippen LogP contribution in [-0.4, -0.2) is 35.1 Å². The largest absolute Gasteiger partial charge is 0.481 e. The molecule has 0 aromatic heterocycles. The summed E-state index contributed by atoms with van der Waals surface area (Å²) in [6.07, 6.45) is 0.416. The van der Waals surface area contributed by atoms with Crippen LogP contribution in [0.5, 0.6) is 0 Å². The number of hydrogen-bond acceptors (Lipinski definition) is 3. The zero-order valence-corrected chi connectivity index (χ0v) is 11.4. The van der Waals surface area contributed by atoms with Gasteiger partial charge in [-0.1, -0.05) is 30.3 Å². The first-order chi connectivity index (χ1) is 9.06. The average molecular weight is 260 g/mol. The van der Waals surface area contributed by atoms with Gasteiger partial charge in [-0.15, -0.1) is 0 Å². The van der Waals surface area contributed by atoms with Crippen molar-refractivity contribution < 1.29 is 9.90 Å². The molecule has 1 rings (SSSR count). The molecule has 102 valence electrons. The molecule has 1 N–H and O–H groups in total. The highest BCUT2D eigenvalue weighted by molar-refractivity contribution is 5.76. The van der Waals surface area contributed by atoms with E-state index in [0.717, 1.165) is 5.56 Å². The second kappa shape index (κ2) is 7.55. The molecular formula is C15H20N2O2. The average Bonchev–Trinajstić information content (AvgIpc) is 2.39. The number of carboxylic acids is 1.